The molecule has 1 aromatic heterocycles. The Bertz CT molecular complexity index is 1050. The highest BCUT2D eigenvalue weighted by atomic mass is 16.4. The summed E-state index contributed by atoms with van der Waals surface area (Å²) in [5.74, 6) is 4.15. The molecule has 0 spiro atoms. The van der Waals surface area contributed by atoms with E-state index in [0.717, 1.165) is 17.0 Å². The molecule has 0 saturated heterocycles. The largest absolute Gasteiger partial charge is 0.480 e. The van der Waals surface area contributed by atoms with E-state index in [2.05, 4.69) is 22.1 Å². The topological polar surface area (TPSA) is 99.5 Å². The molecule has 0 fully saturated rings. The molecule has 6 heteroatoms. The van der Waals surface area contributed by atoms with Crippen LogP contribution in [0.3, 0.4) is 0 Å². The summed E-state index contributed by atoms with van der Waals surface area (Å²) in [6.45, 7) is 3.47. The van der Waals surface area contributed by atoms with Crippen molar-refractivity contribution in [3.05, 3.63) is 95.3 Å². The summed E-state index contributed by atoms with van der Waals surface area (Å²) in [5.41, 5.74) is 3.58. The number of hydrogen-bond donors (Lipinski definition) is 3. The molecule has 0 aliphatic rings. The second kappa shape index (κ2) is 11.0. The highest BCUT2D eigenvalue weighted by Crippen LogP contribution is 2.10. The third-order valence-corrected chi connectivity index (χ3v) is 3.88. The van der Waals surface area contributed by atoms with Gasteiger partial charge in [0, 0.05) is 16.9 Å². The van der Waals surface area contributed by atoms with Gasteiger partial charge in [-0.15, -0.1) is 0 Å². The number of aliphatic carboxylic acids is 1. The van der Waals surface area contributed by atoms with E-state index in [1.165, 1.54) is 31.2 Å². The Morgan fingerprint density at radius 3 is 2.13 bits per heavy atom. The van der Waals surface area contributed by atoms with Gasteiger partial charge in [-0.05, 0) is 68.3 Å². The van der Waals surface area contributed by atoms with Gasteiger partial charge in [0.25, 0.3) is 0 Å². The molecule has 2 aromatic carbocycles. The quantitative estimate of drug-likeness (QED) is 0.569. The normalized spacial score (nSPS) is 10.5. The zero-order valence-corrected chi connectivity index (χ0v) is 16.7. The number of aromatic carboxylic acids is 1. The van der Waals surface area contributed by atoms with Crippen LogP contribution in [-0.2, 0) is 4.79 Å². The number of carboxylic acid groups (broad SMARTS) is 2. The monoisotopic (exact) mass is 402 g/mol. The van der Waals surface area contributed by atoms with Crippen LogP contribution in [0.15, 0.2) is 72.8 Å². The zero-order valence-electron chi connectivity index (χ0n) is 16.7. The highest BCUT2D eigenvalue weighted by Gasteiger charge is 2.10. The van der Waals surface area contributed by atoms with Crippen LogP contribution in [0.25, 0.3) is 0 Å². The molecule has 152 valence electrons. The average molecular weight is 402 g/mol. The standard InChI is InChI=1S/C14H11N.C10H11NO4/c1-12-6-5-9-14(15-12)11-10-13-7-3-2-4-8-13;1-6(9(12)13)11-8-4-2-7(3-5-8)10(14)15/h2-9H,1H3;2-6,11H,1H3,(H,12,13)(H,14,15). The predicted molar refractivity (Wildman–Crippen MR) is 116 cm³/mol. The maximum atomic E-state index is 10.5. The lowest BCUT2D eigenvalue weighted by Gasteiger charge is -2.10. The number of anilines is 1. The van der Waals surface area contributed by atoms with E-state index >= 15 is 0 Å². The number of pyridine rings is 1. The first-order valence-electron chi connectivity index (χ1n) is 9.18. The van der Waals surface area contributed by atoms with Crippen LogP contribution < -0.4 is 5.32 Å². The van der Waals surface area contributed by atoms with Crippen molar-refractivity contribution in [3.63, 3.8) is 0 Å². The summed E-state index contributed by atoms with van der Waals surface area (Å²) in [6, 6.07) is 21.0. The smallest absolute Gasteiger partial charge is 0.335 e. The van der Waals surface area contributed by atoms with Gasteiger partial charge >= 0.3 is 11.9 Å². The van der Waals surface area contributed by atoms with Gasteiger partial charge in [0.2, 0.25) is 0 Å². The van der Waals surface area contributed by atoms with Crippen molar-refractivity contribution in [2.45, 2.75) is 19.9 Å². The molecule has 3 aromatic rings. The summed E-state index contributed by atoms with van der Waals surface area (Å²) in [5, 5.41) is 20.0. The van der Waals surface area contributed by atoms with Crippen molar-refractivity contribution < 1.29 is 19.8 Å². The molecule has 1 heterocycles. The lowest BCUT2D eigenvalue weighted by molar-refractivity contribution is -0.137. The van der Waals surface area contributed by atoms with Crippen LogP contribution in [-0.4, -0.2) is 33.2 Å². The van der Waals surface area contributed by atoms with Gasteiger partial charge in [0.15, 0.2) is 0 Å². The van der Waals surface area contributed by atoms with Gasteiger partial charge in [-0.1, -0.05) is 30.2 Å². The fourth-order valence-electron chi connectivity index (χ4n) is 2.29. The molecule has 0 saturated carbocycles. The van der Waals surface area contributed by atoms with E-state index in [4.69, 9.17) is 10.2 Å². The number of hydrogen-bond acceptors (Lipinski definition) is 4. The Hall–Kier alpha value is -4.11. The summed E-state index contributed by atoms with van der Waals surface area (Å²) in [6.07, 6.45) is 0. The number of aryl methyl sites for hydroxylation is 1. The number of aromatic nitrogens is 1. The van der Waals surface area contributed by atoms with Gasteiger partial charge < -0.3 is 15.5 Å². The number of carbonyl (C=O) groups is 2. The van der Waals surface area contributed by atoms with E-state index in [0.29, 0.717) is 5.69 Å². The van der Waals surface area contributed by atoms with E-state index in [9.17, 15) is 9.59 Å². The molecule has 0 bridgehead atoms. The fourth-order valence-corrected chi connectivity index (χ4v) is 2.29. The summed E-state index contributed by atoms with van der Waals surface area (Å²) in [4.78, 5) is 25.4. The zero-order chi connectivity index (χ0) is 21.9. The number of benzene rings is 2. The van der Waals surface area contributed by atoms with Crippen LogP contribution in [0.4, 0.5) is 5.69 Å². The highest BCUT2D eigenvalue weighted by molar-refractivity contribution is 5.88. The molecular weight excluding hydrogens is 380 g/mol. The first-order chi connectivity index (χ1) is 14.3. The number of nitrogens with zero attached hydrogens (tertiary/aromatic N) is 1. The Balaban J connectivity index is 0.000000214. The van der Waals surface area contributed by atoms with E-state index in [-0.39, 0.29) is 5.56 Å². The first-order valence-corrected chi connectivity index (χ1v) is 9.18. The Morgan fingerprint density at radius 2 is 1.57 bits per heavy atom. The Labute approximate surface area is 175 Å². The van der Waals surface area contributed by atoms with Crippen LogP contribution >= 0.6 is 0 Å². The molecular formula is C24H22N2O4. The van der Waals surface area contributed by atoms with Crippen molar-refractivity contribution in [1.29, 1.82) is 0 Å². The Morgan fingerprint density at radius 1 is 0.900 bits per heavy atom. The third kappa shape index (κ3) is 7.49. The molecule has 3 N–H and O–H groups in total. The van der Waals surface area contributed by atoms with Crippen molar-refractivity contribution in [3.8, 4) is 11.8 Å². The van der Waals surface area contributed by atoms with Crippen molar-refractivity contribution in [2.75, 3.05) is 5.32 Å². The molecule has 1 atom stereocenters. The summed E-state index contributed by atoms with van der Waals surface area (Å²) < 4.78 is 0. The number of nitrogens with one attached hydrogen (secondary N) is 1. The lowest BCUT2D eigenvalue weighted by Crippen LogP contribution is -2.25. The Kier molecular flexibility index (Phi) is 8.15. The molecule has 0 radical (unpaired) electrons. The molecule has 30 heavy (non-hydrogen) atoms. The van der Waals surface area contributed by atoms with Gasteiger partial charge in [0.05, 0.1) is 5.56 Å². The van der Waals surface area contributed by atoms with Gasteiger partial charge in [-0.2, -0.15) is 0 Å². The first kappa shape index (κ1) is 22.2. The minimum atomic E-state index is -1.01. The summed E-state index contributed by atoms with van der Waals surface area (Å²) >= 11 is 0. The third-order valence-electron chi connectivity index (χ3n) is 3.88. The second-order valence-corrected chi connectivity index (χ2v) is 6.37. The minimum Gasteiger partial charge on any atom is -0.480 e. The summed E-state index contributed by atoms with van der Waals surface area (Å²) in [7, 11) is 0. The predicted octanol–water partition coefficient (Wildman–Crippen LogP) is 4.06. The minimum absolute atomic E-state index is 0.170. The molecule has 3 rings (SSSR count). The maximum Gasteiger partial charge on any atom is 0.335 e. The van der Waals surface area contributed by atoms with Crippen molar-refractivity contribution in [2.24, 2.45) is 0 Å². The average Bonchev–Trinajstić information content (AvgIpc) is 2.74. The van der Waals surface area contributed by atoms with Crippen LogP contribution in [0.1, 0.15) is 34.2 Å². The molecule has 0 aliphatic heterocycles. The molecule has 6 nitrogen and oxygen atoms in total. The van der Waals surface area contributed by atoms with Gasteiger partial charge in [-0.25, -0.2) is 9.78 Å². The number of carboxylic acids is 2. The van der Waals surface area contributed by atoms with Gasteiger partial charge in [0.1, 0.15) is 11.7 Å². The molecule has 0 amide bonds. The maximum absolute atomic E-state index is 10.5. The number of rotatable bonds is 4. The second-order valence-electron chi connectivity index (χ2n) is 6.37. The van der Waals surface area contributed by atoms with Crippen LogP contribution in [0, 0.1) is 18.8 Å². The van der Waals surface area contributed by atoms with Crippen LogP contribution in [0.5, 0.6) is 0 Å². The van der Waals surface area contributed by atoms with Crippen molar-refractivity contribution >= 4 is 17.6 Å². The van der Waals surface area contributed by atoms with Crippen molar-refractivity contribution in [1.82, 2.24) is 4.98 Å². The SMILES string of the molecule is CC(Nc1ccc(C(=O)O)cc1)C(=O)O.Cc1cccc(C#Cc2ccccc2)n1. The lowest BCUT2D eigenvalue weighted by atomic mass is 10.2. The van der Waals surface area contributed by atoms with E-state index in [1.807, 2.05) is 55.5 Å². The molecule has 1 unspecified atom stereocenters. The molecule has 0 aliphatic carbocycles. The van der Waals surface area contributed by atoms with E-state index < -0.39 is 18.0 Å². The van der Waals surface area contributed by atoms with Crippen LogP contribution in [0.2, 0.25) is 0 Å². The fraction of sp³-hybridized carbons (Fsp3) is 0.125. The van der Waals surface area contributed by atoms with Gasteiger partial charge in [-0.3, -0.25) is 4.79 Å². The van der Waals surface area contributed by atoms with E-state index in [1.54, 1.807) is 0 Å².